The van der Waals surface area contributed by atoms with Crippen molar-refractivity contribution in [3.05, 3.63) is 72.6 Å². The summed E-state index contributed by atoms with van der Waals surface area (Å²) in [7, 11) is 1.23. The van der Waals surface area contributed by atoms with Gasteiger partial charge < -0.3 is 5.32 Å². The molecule has 1 aromatic heterocycles. The second-order valence-electron chi connectivity index (χ2n) is 7.52. The highest BCUT2D eigenvalue weighted by molar-refractivity contribution is 7.89. The van der Waals surface area contributed by atoms with Crippen molar-refractivity contribution >= 4 is 21.6 Å². The maximum absolute atomic E-state index is 12.7. The van der Waals surface area contributed by atoms with E-state index >= 15 is 0 Å². The van der Waals surface area contributed by atoms with Gasteiger partial charge in [0, 0.05) is 38.1 Å². The second kappa shape index (κ2) is 9.42. The molecule has 1 N–H and O–H groups in total. The largest absolute Gasteiger partial charge is 0.325 e. The Balaban J connectivity index is 1.65. The molecule has 0 saturated heterocycles. The van der Waals surface area contributed by atoms with Gasteiger partial charge in [-0.1, -0.05) is 24.3 Å². The zero-order chi connectivity index (χ0) is 22.6. The van der Waals surface area contributed by atoms with E-state index in [4.69, 9.17) is 0 Å². The number of hydrogen-bond donors (Lipinski definition) is 1. The molecule has 164 valence electrons. The summed E-state index contributed by atoms with van der Waals surface area (Å²) < 4.78 is 27.6. The van der Waals surface area contributed by atoms with Crippen molar-refractivity contribution < 1.29 is 13.2 Å². The number of nitrogens with one attached hydrogen (secondary N) is 1. The number of carbonyl (C=O) groups excluding carboxylic acids is 1. The quantitative estimate of drug-likeness (QED) is 0.581. The summed E-state index contributed by atoms with van der Waals surface area (Å²) >= 11 is 0. The number of nitrogens with zero attached hydrogens (tertiary/aromatic N) is 4. The van der Waals surface area contributed by atoms with Gasteiger partial charge >= 0.3 is 0 Å². The number of para-hydroxylation sites is 1. The number of anilines is 1. The van der Waals surface area contributed by atoms with Gasteiger partial charge in [0.1, 0.15) is 0 Å². The van der Waals surface area contributed by atoms with Crippen LogP contribution in [0.1, 0.15) is 12.5 Å². The highest BCUT2D eigenvalue weighted by atomic mass is 32.2. The predicted octanol–water partition coefficient (Wildman–Crippen LogP) is 2.58. The molecular weight excluding hydrogens is 414 g/mol. The zero-order valence-electron chi connectivity index (χ0n) is 18.1. The fourth-order valence-electron chi connectivity index (χ4n) is 2.98. The highest BCUT2D eigenvalue weighted by Crippen LogP contribution is 2.19. The second-order valence-corrected chi connectivity index (χ2v) is 9.68. The van der Waals surface area contributed by atoms with Crippen LogP contribution in [0.15, 0.2) is 71.9 Å². The first-order valence-electron chi connectivity index (χ1n) is 9.81. The molecule has 3 rings (SSSR count). The molecule has 0 aliphatic rings. The van der Waals surface area contributed by atoms with Gasteiger partial charge in [0.2, 0.25) is 15.9 Å². The van der Waals surface area contributed by atoms with E-state index in [0.29, 0.717) is 12.2 Å². The van der Waals surface area contributed by atoms with Crippen molar-refractivity contribution in [1.29, 1.82) is 0 Å². The molecule has 1 amide bonds. The highest BCUT2D eigenvalue weighted by Gasteiger charge is 2.21. The summed E-state index contributed by atoms with van der Waals surface area (Å²) in [6.45, 7) is 2.34. The minimum atomic E-state index is -3.57. The Hall–Kier alpha value is -3.01. The van der Waals surface area contributed by atoms with Crippen molar-refractivity contribution in [2.75, 3.05) is 26.5 Å². The molecular formula is C22H27N5O3S. The lowest BCUT2D eigenvalue weighted by atomic mass is 10.2. The molecule has 1 atom stereocenters. The van der Waals surface area contributed by atoms with Crippen LogP contribution in [-0.4, -0.2) is 60.5 Å². The third-order valence-electron chi connectivity index (χ3n) is 5.01. The first-order valence-corrected chi connectivity index (χ1v) is 11.2. The third-order valence-corrected chi connectivity index (χ3v) is 6.82. The van der Waals surface area contributed by atoms with Gasteiger partial charge in [-0.3, -0.25) is 9.69 Å². The van der Waals surface area contributed by atoms with Gasteiger partial charge in [0.25, 0.3) is 0 Å². The van der Waals surface area contributed by atoms with Crippen LogP contribution in [0, 0.1) is 0 Å². The van der Waals surface area contributed by atoms with E-state index in [1.165, 1.54) is 26.2 Å². The predicted molar refractivity (Wildman–Crippen MR) is 120 cm³/mol. The van der Waals surface area contributed by atoms with Crippen LogP contribution in [0.4, 0.5) is 5.69 Å². The van der Waals surface area contributed by atoms with Gasteiger partial charge in [-0.15, -0.1) is 0 Å². The number of aromatic nitrogens is 2. The van der Waals surface area contributed by atoms with Crippen LogP contribution in [0.3, 0.4) is 0 Å². The summed E-state index contributed by atoms with van der Waals surface area (Å²) in [6, 6.07) is 15.6. The van der Waals surface area contributed by atoms with Crippen LogP contribution in [0.5, 0.6) is 0 Å². The molecule has 8 nitrogen and oxygen atoms in total. The van der Waals surface area contributed by atoms with E-state index in [0.717, 1.165) is 15.6 Å². The fourth-order valence-corrected chi connectivity index (χ4v) is 3.93. The number of rotatable bonds is 8. The molecule has 0 fully saturated rings. The van der Waals surface area contributed by atoms with Crippen LogP contribution in [-0.2, 0) is 21.4 Å². The summed E-state index contributed by atoms with van der Waals surface area (Å²) in [4.78, 5) is 14.8. The van der Waals surface area contributed by atoms with E-state index in [1.54, 1.807) is 29.9 Å². The van der Waals surface area contributed by atoms with Crippen molar-refractivity contribution in [3.8, 4) is 5.69 Å². The van der Waals surface area contributed by atoms with Gasteiger partial charge in [-0.05, 0) is 44.3 Å². The molecule has 0 saturated carbocycles. The summed E-state index contributed by atoms with van der Waals surface area (Å²) in [5.74, 6) is -0.225. The molecule has 2 aromatic carbocycles. The van der Waals surface area contributed by atoms with E-state index < -0.39 is 16.1 Å². The number of carbonyl (C=O) groups is 1. The first-order chi connectivity index (χ1) is 14.7. The van der Waals surface area contributed by atoms with Crippen LogP contribution < -0.4 is 5.32 Å². The molecule has 0 aliphatic carbocycles. The molecule has 31 heavy (non-hydrogen) atoms. The van der Waals surface area contributed by atoms with Gasteiger partial charge in [0.15, 0.2) is 0 Å². The Morgan fingerprint density at radius 1 is 1.10 bits per heavy atom. The van der Waals surface area contributed by atoms with E-state index in [9.17, 15) is 13.2 Å². The molecule has 0 aliphatic heterocycles. The molecule has 0 spiro atoms. The van der Waals surface area contributed by atoms with Crippen LogP contribution >= 0.6 is 0 Å². The number of benzene rings is 2. The van der Waals surface area contributed by atoms with Gasteiger partial charge in [-0.25, -0.2) is 17.4 Å². The third kappa shape index (κ3) is 5.38. The van der Waals surface area contributed by atoms with Crippen molar-refractivity contribution in [2.45, 2.75) is 24.4 Å². The number of likely N-dealkylation sites (N-methyl/N-ethyl adjacent to an activating group) is 1. The number of amides is 1. The maximum Gasteiger partial charge on any atom is 0.242 e. The minimum absolute atomic E-state index is 0.129. The lowest BCUT2D eigenvalue weighted by Gasteiger charge is -2.23. The van der Waals surface area contributed by atoms with Crippen molar-refractivity contribution in [2.24, 2.45) is 0 Å². The lowest BCUT2D eigenvalue weighted by molar-refractivity contribution is -0.120. The zero-order valence-corrected chi connectivity index (χ0v) is 18.9. The molecule has 3 aromatic rings. The fraction of sp³-hybridized carbons (Fsp3) is 0.273. The van der Waals surface area contributed by atoms with Gasteiger partial charge in [-0.2, -0.15) is 5.10 Å². The average molecular weight is 442 g/mol. The smallest absolute Gasteiger partial charge is 0.242 e. The number of hydrogen-bond acceptors (Lipinski definition) is 5. The molecule has 1 heterocycles. The monoisotopic (exact) mass is 441 g/mol. The first kappa shape index (κ1) is 22.7. The Kier molecular flexibility index (Phi) is 6.89. The lowest BCUT2D eigenvalue weighted by Crippen LogP contribution is -2.39. The SMILES string of the molecule is CC(C(=O)Nc1cccc(S(=O)(=O)N(C)C)c1)N(C)Cc1cnn(-c2ccccc2)c1. The Bertz CT molecular complexity index is 1140. The van der Waals surface area contributed by atoms with Gasteiger partial charge in [0.05, 0.1) is 22.8 Å². The van der Waals surface area contributed by atoms with Crippen molar-refractivity contribution in [3.63, 3.8) is 0 Å². The van der Waals surface area contributed by atoms with E-state index in [-0.39, 0.29) is 10.8 Å². The summed E-state index contributed by atoms with van der Waals surface area (Å²) in [5.41, 5.74) is 2.38. The summed E-state index contributed by atoms with van der Waals surface area (Å²) in [5, 5.41) is 7.19. The van der Waals surface area contributed by atoms with Crippen LogP contribution in [0.2, 0.25) is 0 Å². The number of sulfonamides is 1. The van der Waals surface area contributed by atoms with Crippen LogP contribution in [0.25, 0.3) is 5.69 Å². The van der Waals surface area contributed by atoms with E-state index in [2.05, 4.69) is 10.4 Å². The summed E-state index contributed by atoms with van der Waals surface area (Å²) in [6.07, 6.45) is 3.72. The molecule has 0 radical (unpaired) electrons. The average Bonchev–Trinajstić information content (AvgIpc) is 3.22. The Morgan fingerprint density at radius 3 is 2.48 bits per heavy atom. The molecule has 0 bridgehead atoms. The van der Waals surface area contributed by atoms with Crippen molar-refractivity contribution in [1.82, 2.24) is 19.0 Å². The molecule has 1 unspecified atom stereocenters. The Labute approximate surface area is 183 Å². The molecule has 9 heteroatoms. The standard InChI is InChI=1S/C22H27N5O3S/c1-17(22(28)24-19-9-8-12-21(13-19)31(29,30)25(2)3)26(4)15-18-14-23-27(16-18)20-10-6-5-7-11-20/h5-14,16-17H,15H2,1-4H3,(H,24,28). The van der Waals surface area contributed by atoms with E-state index in [1.807, 2.05) is 48.5 Å². The topological polar surface area (TPSA) is 87.5 Å². The maximum atomic E-state index is 12.7. The minimum Gasteiger partial charge on any atom is -0.325 e. The normalized spacial score (nSPS) is 12.8. The Morgan fingerprint density at radius 2 is 1.81 bits per heavy atom.